The number of hydrogen-bond acceptors (Lipinski definition) is 4. The first-order valence-electron chi connectivity index (χ1n) is 9.13. The molecule has 0 spiro atoms. The van der Waals surface area contributed by atoms with Crippen LogP contribution in [0.2, 0.25) is 0 Å². The van der Waals surface area contributed by atoms with E-state index >= 15 is 0 Å². The van der Waals surface area contributed by atoms with Crippen LogP contribution in [0.25, 0.3) is 0 Å². The van der Waals surface area contributed by atoms with Gasteiger partial charge in [-0.25, -0.2) is 0 Å². The Morgan fingerprint density at radius 2 is 2.12 bits per heavy atom. The van der Waals surface area contributed by atoms with E-state index in [1.54, 1.807) is 12.4 Å². The predicted molar refractivity (Wildman–Crippen MR) is 99.8 cm³/mol. The van der Waals surface area contributed by atoms with E-state index in [0.717, 1.165) is 31.9 Å². The molecule has 0 radical (unpaired) electrons. The van der Waals surface area contributed by atoms with E-state index in [9.17, 15) is 0 Å². The van der Waals surface area contributed by atoms with Gasteiger partial charge in [-0.1, -0.05) is 0 Å². The molecule has 0 bridgehead atoms. The molecule has 0 aliphatic carbocycles. The van der Waals surface area contributed by atoms with Gasteiger partial charge >= 0.3 is 0 Å². The summed E-state index contributed by atoms with van der Waals surface area (Å²) in [6, 6.07) is 8.55. The average Bonchev–Trinajstić information content (AvgIpc) is 3.23. The standard InChI is InChI=1S/C20H25N5O/c1-16(2)25-12-17(9-22-25)11-23-13-18-5-4-8-24(18)15-20(14-23)26-19-6-3-7-21-10-19/h3-10,12,16,20H,11,13-15H2,1-2H3/t20-/m0/s1. The normalized spacial score (nSPS) is 17.9. The first kappa shape index (κ1) is 16.8. The van der Waals surface area contributed by atoms with Crippen LogP contribution in [0, 0.1) is 0 Å². The quantitative estimate of drug-likeness (QED) is 0.709. The summed E-state index contributed by atoms with van der Waals surface area (Å²) >= 11 is 0. The molecule has 4 heterocycles. The van der Waals surface area contributed by atoms with Crippen molar-refractivity contribution < 1.29 is 4.74 Å². The van der Waals surface area contributed by atoms with Gasteiger partial charge in [0.05, 0.1) is 18.9 Å². The highest BCUT2D eigenvalue weighted by Crippen LogP contribution is 2.20. The molecule has 0 fully saturated rings. The van der Waals surface area contributed by atoms with Crippen molar-refractivity contribution in [2.75, 3.05) is 6.54 Å². The number of ether oxygens (including phenoxy) is 1. The van der Waals surface area contributed by atoms with E-state index in [1.807, 2.05) is 23.0 Å². The molecule has 1 aliphatic rings. The Morgan fingerprint density at radius 3 is 2.88 bits per heavy atom. The molecule has 1 atom stereocenters. The fraction of sp³-hybridized carbons (Fsp3) is 0.400. The van der Waals surface area contributed by atoms with Gasteiger partial charge in [0.15, 0.2) is 0 Å². The van der Waals surface area contributed by atoms with Crippen LogP contribution < -0.4 is 4.74 Å². The number of nitrogens with zero attached hydrogens (tertiary/aromatic N) is 5. The number of hydrogen-bond donors (Lipinski definition) is 0. The monoisotopic (exact) mass is 351 g/mol. The Bertz CT molecular complexity index is 839. The third-order valence-corrected chi connectivity index (χ3v) is 4.70. The van der Waals surface area contributed by atoms with E-state index in [-0.39, 0.29) is 6.10 Å². The molecule has 0 saturated heterocycles. The van der Waals surface area contributed by atoms with E-state index in [0.29, 0.717) is 6.04 Å². The molecule has 0 unspecified atom stereocenters. The molecule has 0 saturated carbocycles. The summed E-state index contributed by atoms with van der Waals surface area (Å²) in [4.78, 5) is 6.59. The smallest absolute Gasteiger partial charge is 0.138 e. The van der Waals surface area contributed by atoms with Gasteiger partial charge in [-0.05, 0) is 38.1 Å². The highest BCUT2D eigenvalue weighted by atomic mass is 16.5. The number of aromatic nitrogens is 4. The highest BCUT2D eigenvalue weighted by molar-refractivity contribution is 5.17. The summed E-state index contributed by atoms with van der Waals surface area (Å²) in [5.41, 5.74) is 2.55. The fourth-order valence-electron chi connectivity index (χ4n) is 3.43. The minimum absolute atomic E-state index is 0.0768. The van der Waals surface area contributed by atoms with Crippen LogP contribution in [0.1, 0.15) is 31.1 Å². The summed E-state index contributed by atoms with van der Waals surface area (Å²) in [5, 5.41) is 4.47. The van der Waals surface area contributed by atoms with Gasteiger partial charge in [0.25, 0.3) is 0 Å². The van der Waals surface area contributed by atoms with Crippen LogP contribution in [-0.2, 0) is 19.6 Å². The van der Waals surface area contributed by atoms with Gasteiger partial charge < -0.3 is 9.30 Å². The van der Waals surface area contributed by atoms with Crippen molar-refractivity contribution in [2.24, 2.45) is 0 Å². The van der Waals surface area contributed by atoms with Gasteiger partial charge in [0.1, 0.15) is 11.9 Å². The predicted octanol–water partition coefficient (Wildman–Crippen LogP) is 3.12. The zero-order valence-corrected chi connectivity index (χ0v) is 15.3. The van der Waals surface area contributed by atoms with Crippen LogP contribution in [0.15, 0.2) is 55.2 Å². The summed E-state index contributed by atoms with van der Waals surface area (Å²) in [5.74, 6) is 0.820. The summed E-state index contributed by atoms with van der Waals surface area (Å²) < 4.78 is 10.5. The molecule has 1 aliphatic heterocycles. The van der Waals surface area contributed by atoms with E-state index in [2.05, 4.69) is 57.9 Å². The molecule has 4 rings (SSSR count). The lowest BCUT2D eigenvalue weighted by Gasteiger charge is -2.24. The number of pyridine rings is 1. The van der Waals surface area contributed by atoms with Crippen molar-refractivity contribution in [3.8, 4) is 5.75 Å². The minimum atomic E-state index is 0.0768. The molecule has 3 aromatic rings. The second kappa shape index (κ2) is 7.33. The molecule has 136 valence electrons. The molecule has 6 nitrogen and oxygen atoms in total. The molecule has 3 aromatic heterocycles. The highest BCUT2D eigenvalue weighted by Gasteiger charge is 2.23. The Hall–Kier alpha value is -2.60. The van der Waals surface area contributed by atoms with Gasteiger partial charge in [-0.3, -0.25) is 14.6 Å². The third-order valence-electron chi connectivity index (χ3n) is 4.70. The van der Waals surface area contributed by atoms with Gasteiger partial charge in [0.2, 0.25) is 0 Å². The van der Waals surface area contributed by atoms with Crippen LogP contribution in [0.3, 0.4) is 0 Å². The summed E-state index contributed by atoms with van der Waals surface area (Å²) in [7, 11) is 0. The third kappa shape index (κ3) is 3.80. The van der Waals surface area contributed by atoms with E-state index < -0.39 is 0 Å². The zero-order chi connectivity index (χ0) is 17.9. The first-order chi connectivity index (χ1) is 12.7. The van der Waals surface area contributed by atoms with Crippen LogP contribution >= 0.6 is 0 Å². The number of rotatable bonds is 5. The molecular formula is C20H25N5O. The Labute approximate surface area is 154 Å². The lowest BCUT2D eigenvalue weighted by molar-refractivity contribution is 0.123. The van der Waals surface area contributed by atoms with E-state index in [4.69, 9.17) is 4.74 Å². The maximum absolute atomic E-state index is 6.23. The van der Waals surface area contributed by atoms with E-state index in [1.165, 1.54) is 11.3 Å². The van der Waals surface area contributed by atoms with Crippen LogP contribution in [-0.4, -0.2) is 36.9 Å². The maximum atomic E-state index is 6.23. The topological polar surface area (TPSA) is 48.1 Å². The molecular weight excluding hydrogens is 326 g/mol. The molecule has 6 heteroatoms. The Morgan fingerprint density at radius 1 is 1.19 bits per heavy atom. The van der Waals surface area contributed by atoms with Crippen LogP contribution in [0.4, 0.5) is 0 Å². The van der Waals surface area contributed by atoms with Gasteiger partial charge in [0, 0.05) is 55.5 Å². The van der Waals surface area contributed by atoms with Crippen molar-refractivity contribution in [3.63, 3.8) is 0 Å². The zero-order valence-electron chi connectivity index (χ0n) is 15.3. The molecule has 0 amide bonds. The lowest BCUT2D eigenvalue weighted by atomic mass is 10.2. The largest absolute Gasteiger partial charge is 0.486 e. The molecule has 26 heavy (non-hydrogen) atoms. The second-order valence-electron chi connectivity index (χ2n) is 7.17. The van der Waals surface area contributed by atoms with Crippen molar-refractivity contribution in [1.82, 2.24) is 24.2 Å². The SMILES string of the molecule is CC(C)n1cc(CN2Cc3cccn3C[C@@H](Oc3cccnc3)C2)cn1. The first-order valence-corrected chi connectivity index (χ1v) is 9.13. The minimum Gasteiger partial charge on any atom is -0.486 e. The Kier molecular flexibility index (Phi) is 4.75. The molecule has 0 N–H and O–H groups in total. The van der Waals surface area contributed by atoms with Gasteiger partial charge in [-0.15, -0.1) is 0 Å². The fourth-order valence-corrected chi connectivity index (χ4v) is 3.43. The maximum Gasteiger partial charge on any atom is 0.138 e. The average molecular weight is 351 g/mol. The summed E-state index contributed by atoms with van der Waals surface area (Å²) in [6.45, 7) is 7.78. The van der Waals surface area contributed by atoms with Crippen LogP contribution in [0.5, 0.6) is 5.75 Å². The van der Waals surface area contributed by atoms with Crippen molar-refractivity contribution in [2.45, 2.75) is 45.6 Å². The van der Waals surface area contributed by atoms with Crippen molar-refractivity contribution in [3.05, 3.63) is 66.5 Å². The number of fused-ring (bicyclic) bond motifs is 1. The second-order valence-corrected chi connectivity index (χ2v) is 7.17. The van der Waals surface area contributed by atoms with Crippen molar-refractivity contribution >= 4 is 0 Å². The van der Waals surface area contributed by atoms with Gasteiger partial charge in [-0.2, -0.15) is 5.10 Å². The lowest BCUT2D eigenvalue weighted by Crippen LogP contribution is -2.34. The Balaban J connectivity index is 1.52. The van der Waals surface area contributed by atoms with Crippen molar-refractivity contribution in [1.29, 1.82) is 0 Å². The molecule has 0 aromatic carbocycles. The summed E-state index contributed by atoms with van der Waals surface area (Å²) in [6.07, 6.45) is 9.87.